The van der Waals surface area contributed by atoms with E-state index in [1.54, 1.807) is 0 Å². The SMILES string of the molecule is CCNCc1cc(-c2ccc(OCCOc3ccccc3)cc2)n[nH]1. The molecule has 130 valence electrons. The van der Waals surface area contributed by atoms with Gasteiger partial charge in [0, 0.05) is 17.8 Å². The zero-order valence-corrected chi connectivity index (χ0v) is 14.4. The maximum absolute atomic E-state index is 5.71. The fraction of sp³-hybridized carbons (Fsp3) is 0.250. The van der Waals surface area contributed by atoms with Crippen LogP contribution < -0.4 is 14.8 Å². The van der Waals surface area contributed by atoms with Gasteiger partial charge >= 0.3 is 0 Å². The summed E-state index contributed by atoms with van der Waals surface area (Å²) >= 11 is 0. The van der Waals surface area contributed by atoms with Gasteiger partial charge in [0.25, 0.3) is 0 Å². The number of aromatic amines is 1. The molecule has 0 fully saturated rings. The van der Waals surface area contributed by atoms with E-state index in [-0.39, 0.29) is 0 Å². The van der Waals surface area contributed by atoms with Crippen molar-refractivity contribution in [2.24, 2.45) is 0 Å². The molecule has 0 amide bonds. The molecule has 0 spiro atoms. The Kier molecular flexibility index (Phi) is 6.06. The van der Waals surface area contributed by atoms with E-state index in [9.17, 15) is 0 Å². The average Bonchev–Trinajstić information content (AvgIpc) is 3.14. The molecule has 3 aromatic rings. The molecule has 1 heterocycles. The highest BCUT2D eigenvalue weighted by Gasteiger charge is 2.04. The van der Waals surface area contributed by atoms with Crippen molar-refractivity contribution in [3.8, 4) is 22.8 Å². The molecule has 0 saturated carbocycles. The van der Waals surface area contributed by atoms with Crippen LogP contribution in [0.2, 0.25) is 0 Å². The Morgan fingerprint density at radius 1 is 0.920 bits per heavy atom. The molecular weight excluding hydrogens is 314 g/mol. The molecule has 1 aromatic heterocycles. The Balaban J connectivity index is 1.47. The lowest BCUT2D eigenvalue weighted by atomic mass is 10.1. The first-order valence-electron chi connectivity index (χ1n) is 8.51. The summed E-state index contributed by atoms with van der Waals surface area (Å²) in [5, 5.41) is 10.7. The molecule has 0 unspecified atom stereocenters. The van der Waals surface area contributed by atoms with Crippen molar-refractivity contribution in [1.82, 2.24) is 15.5 Å². The lowest BCUT2D eigenvalue weighted by Crippen LogP contribution is -2.11. The van der Waals surface area contributed by atoms with Gasteiger partial charge in [-0.15, -0.1) is 0 Å². The second-order valence-electron chi connectivity index (χ2n) is 5.59. The van der Waals surface area contributed by atoms with Crippen LogP contribution in [0.25, 0.3) is 11.3 Å². The summed E-state index contributed by atoms with van der Waals surface area (Å²) in [6, 6.07) is 19.7. The lowest BCUT2D eigenvalue weighted by molar-refractivity contribution is 0.217. The summed E-state index contributed by atoms with van der Waals surface area (Å²) in [5.41, 5.74) is 3.08. The summed E-state index contributed by atoms with van der Waals surface area (Å²) in [6.45, 7) is 4.84. The summed E-state index contributed by atoms with van der Waals surface area (Å²) in [6.07, 6.45) is 0. The molecule has 0 bridgehead atoms. The number of nitrogens with one attached hydrogen (secondary N) is 2. The van der Waals surface area contributed by atoms with Crippen molar-refractivity contribution in [2.75, 3.05) is 19.8 Å². The van der Waals surface area contributed by atoms with Gasteiger partial charge in [-0.3, -0.25) is 5.10 Å². The standard InChI is InChI=1S/C20H23N3O2/c1-2-21-15-17-14-20(23-22-17)16-8-10-19(11-9-16)25-13-12-24-18-6-4-3-5-7-18/h3-11,14,21H,2,12-13,15H2,1H3,(H,22,23). The highest BCUT2D eigenvalue weighted by atomic mass is 16.5. The van der Waals surface area contributed by atoms with Crippen LogP contribution in [-0.2, 0) is 6.54 Å². The third kappa shape index (κ3) is 5.09. The van der Waals surface area contributed by atoms with Crippen LogP contribution in [0.5, 0.6) is 11.5 Å². The molecule has 0 aliphatic carbocycles. The van der Waals surface area contributed by atoms with Crippen molar-refractivity contribution < 1.29 is 9.47 Å². The Morgan fingerprint density at radius 2 is 1.60 bits per heavy atom. The molecule has 2 N–H and O–H groups in total. The fourth-order valence-electron chi connectivity index (χ4n) is 2.42. The number of H-pyrrole nitrogens is 1. The molecule has 0 radical (unpaired) electrons. The van der Waals surface area contributed by atoms with Crippen LogP contribution in [0.4, 0.5) is 0 Å². The van der Waals surface area contributed by atoms with Crippen molar-refractivity contribution in [3.05, 3.63) is 66.4 Å². The number of hydrogen-bond donors (Lipinski definition) is 2. The molecule has 5 nitrogen and oxygen atoms in total. The van der Waals surface area contributed by atoms with E-state index in [0.717, 1.165) is 41.5 Å². The monoisotopic (exact) mass is 337 g/mol. The zero-order valence-electron chi connectivity index (χ0n) is 14.4. The first-order valence-corrected chi connectivity index (χ1v) is 8.51. The Labute approximate surface area is 148 Å². The van der Waals surface area contributed by atoms with Gasteiger partial charge in [0.2, 0.25) is 0 Å². The van der Waals surface area contributed by atoms with E-state index in [1.165, 1.54) is 0 Å². The predicted octanol–water partition coefficient (Wildman–Crippen LogP) is 3.64. The Bertz CT molecular complexity index is 754. The van der Waals surface area contributed by atoms with Crippen molar-refractivity contribution in [3.63, 3.8) is 0 Å². The number of hydrogen-bond acceptors (Lipinski definition) is 4. The van der Waals surface area contributed by atoms with Crippen LogP contribution in [0.1, 0.15) is 12.6 Å². The minimum absolute atomic E-state index is 0.503. The van der Waals surface area contributed by atoms with Gasteiger partial charge in [0.1, 0.15) is 24.7 Å². The largest absolute Gasteiger partial charge is 0.490 e. The first-order chi connectivity index (χ1) is 12.3. The fourth-order valence-corrected chi connectivity index (χ4v) is 2.42. The lowest BCUT2D eigenvalue weighted by Gasteiger charge is -2.08. The number of benzene rings is 2. The highest BCUT2D eigenvalue weighted by Crippen LogP contribution is 2.21. The number of rotatable bonds is 9. The molecule has 3 rings (SSSR count). The molecule has 0 aliphatic heterocycles. The number of aromatic nitrogens is 2. The van der Waals surface area contributed by atoms with Crippen LogP contribution in [-0.4, -0.2) is 30.0 Å². The van der Waals surface area contributed by atoms with Crippen LogP contribution >= 0.6 is 0 Å². The second kappa shape index (κ2) is 8.89. The zero-order chi connectivity index (χ0) is 17.3. The van der Waals surface area contributed by atoms with Crippen molar-refractivity contribution in [1.29, 1.82) is 0 Å². The third-order valence-corrected chi connectivity index (χ3v) is 3.71. The second-order valence-corrected chi connectivity index (χ2v) is 5.59. The van der Waals surface area contributed by atoms with Crippen LogP contribution in [0.3, 0.4) is 0 Å². The van der Waals surface area contributed by atoms with E-state index >= 15 is 0 Å². The maximum Gasteiger partial charge on any atom is 0.122 e. The number of para-hydroxylation sites is 1. The van der Waals surface area contributed by atoms with Gasteiger partial charge in [-0.2, -0.15) is 5.10 Å². The van der Waals surface area contributed by atoms with Crippen molar-refractivity contribution in [2.45, 2.75) is 13.5 Å². The summed E-state index contributed by atoms with van der Waals surface area (Å²) in [4.78, 5) is 0. The molecule has 25 heavy (non-hydrogen) atoms. The summed E-state index contributed by atoms with van der Waals surface area (Å²) < 4.78 is 11.3. The number of nitrogens with zero attached hydrogens (tertiary/aromatic N) is 1. The van der Waals surface area contributed by atoms with Gasteiger partial charge in [0.05, 0.1) is 5.69 Å². The van der Waals surface area contributed by atoms with Crippen LogP contribution in [0.15, 0.2) is 60.7 Å². The van der Waals surface area contributed by atoms with Gasteiger partial charge in [-0.05, 0) is 49.0 Å². The normalized spacial score (nSPS) is 10.6. The quantitative estimate of drug-likeness (QED) is 0.585. The van der Waals surface area contributed by atoms with Gasteiger partial charge in [0.15, 0.2) is 0 Å². The molecular formula is C20H23N3O2. The predicted molar refractivity (Wildman–Crippen MR) is 98.8 cm³/mol. The minimum atomic E-state index is 0.503. The maximum atomic E-state index is 5.71. The topological polar surface area (TPSA) is 59.2 Å². The van der Waals surface area contributed by atoms with E-state index in [0.29, 0.717) is 13.2 Å². The third-order valence-electron chi connectivity index (χ3n) is 3.71. The first kappa shape index (κ1) is 17.0. The molecule has 0 saturated heterocycles. The average molecular weight is 337 g/mol. The van der Waals surface area contributed by atoms with Crippen LogP contribution in [0, 0.1) is 0 Å². The van der Waals surface area contributed by atoms with E-state index in [4.69, 9.17) is 9.47 Å². The smallest absolute Gasteiger partial charge is 0.122 e. The minimum Gasteiger partial charge on any atom is -0.490 e. The molecule has 5 heteroatoms. The summed E-state index contributed by atoms with van der Waals surface area (Å²) in [5.74, 6) is 1.68. The molecule has 0 atom stereocenters. The number of ether oxygens (including phenoxy) is 2. The summed E-state index contributed by atoms with van der Waals surface area (Å²) in [7, 11) is 0. The molecule has 2 aromatic carbocycles. The van der Waals surface area contributed by atoms with E-state index < -0.39 is 0 Å². The Morgan fingerprint density at radius 3 is 2.28 bits per heavy atom. The highest BCUT2D eigenvalue weighted by molar-refractivity contribution is 5.60. The van der Waals surface area contributed by atoms with Gasteiger partial charge in [-0.25, -0.2) is 0 Å². The van der Waals surface area contributed by atoms with E-state index in [1.807, 2.05) is 54.6 Å². The Hall–Kier alpha value is -2.79. The van der Waals surface area contributed by atoms with Crippen molar-refractivity contribution >= 4 is 0 Å². The molecule has 0 aliphatic rings. The van der Waals surface area contributed by atoms with Gasteiger partial charge in [-0.1, -0.05) is 25.1 Å². The van der Waals surface area contributed by atoms with E-state index in [2.05, 4.69) is 28.5 Å². The van der Waals surface area contributed by atoms with Gasteiger partial charge < -0.3 is 14.8 Å².